The minimum absolute atomic E-state index is 0.0272. The molecule has 2 N–H and O–H groups in total. The lowest BCUT2D eigenvalue weighted by Gasteiger charge is -2.23. The molecule has 9 nitrogen and oxygen atoms in total. The highest BCUT2D eigenvalue weighted by Gasteiger charge is 2.43. The Bertz CT molecular complexity index is 723. The zero-order valence-electron chi connectivity index (χ0n) is 14.5. The third kappa shape index (κ3) is 7.56. The molecule has 1 aliphatic rings. The van der Waals surface area contributed by atoms with Crippen molar-refractivity contribution in [3.8, 4) is 0 Å². The molecular weight excluding hydrogens is 382 g/mol. The molecule has 1 aliphatic carbocycles. The van der Waals surface area contributed by atoms with Crippen molar-refractivity contribution < 1.29 is 26.7 Å². The normalized spacial score (nSPS) is 23.9. The van der Waals surface area contributed by atoms with Crippen LogP contribution in [-0.4, -0.2) is 77.1 Å². The largest absolute Gasteiger partial charge is 0.394 e. The number of aliphatic hydroxyl groups excluding tert-OH is 1. The van der Waals surface area contributed by atoms with Gasteiger partial charge in [-0.2, -0.15) is 0 Å². The zero-order valence-corrected chi connectivity index (χ0v) is 16.1. The fourth-order valence-corrected chi connectivity index (χ4v) is 5.95. The van der Waals surface area contributed by atoms with Gasteiger partial charge in [-0.05, 0) is 12.8 Å². The molecule has 1 fully saturated rings. The van der Waals surface area contributed by atoms with E-state index in [-0.39, 0.29) is 50.7 Å². The molecule has 0 bridgehead atoms. The zero-order chi connectivity index (χ0) is 19.6. The van der Waals surface area contributed by atoms with E-state index < -0.39 is 37.2 Å². The highest BCUT2D eigenvalue weighted by atomic mass is 32.2. The van der Waals surface area contributed by atoms with Gasteiger partial charge in [0.1, 0.15) is 0 Å². The minimum atomic E-state index is -3.60. The molecule has 1 rings (SSSR count). The molecule has 3 unspecified atom stereocenters. The molecular formula is C15H25N3O6S2. The molecule has 0 amide bonds. The minimum Gasteiger partial charge on any atom is -0.394 e. The Hall–Kier alpha value is -1.24. The van der Waals surface area contributed by atoms with Crippen molar-refractivity contribution in [2.24, 2.45) is 0 Å². The van der Waals surface area contributed by atoms with Gasteiger partial charge in [-0.3, -0.25) is 0 Å². The molecule has 0 aromatic carbocycles. The van der Waals surface area contributed by atoms with Crippen molar-refractivity contribution in [3.05, 3.63) is 22.8 Å². The van der Waals surface area contributed by atoms with Crippen LogP contribution in [0.15, 0.2) is 0 Å². The first-order valence-corrected chi connectivity index (χ1v) is 11.7. The van der Waals surface area contributed by atoms with Crippen molar-refractivity contribution in [1.29, 1.82) is 0 Å². The van der Waals surface area contributed by atoms with Crippen molar-refractivity contribution in [3.63, 3.8) is 0 Å². The average molecular weight is 408 g/mol. The van der Waals surface area contributed by atoms with Gasteiger partial charge in [0.2, 0.25) is 10.0 Å². The summed E-state index contributed by atoms with van der Waals surface area (Å²) < 4.78 is 55.7. The Balaban J connectivity index is 2.44. The first-order valence-electron chi connectivity index (χ1n) is 8.36. The van der Waals surface area contributed by atoms with E-state index in [4.69, 9.17) is 23.0 Å². The Morgan fingerprint density at radius 2 is 1.73 bits per heavy atom. The maximum Gasteiger partial charge on any atom is 0.298 e. The van der Waals surface area contributed by atoms with E-state index >= 15 is 0 Å². The van der Waals surface area contributed by atoms with Crippen molar-refractivity contribution in [2.45, 2.75) is 43.0 Å². The lowest BCUT2D eigenvalue weighted by atomic mass is 9.91. The van der Waals surface area contributed by atoms with E-state index in [9.17, 15) is 16.8 Å². The van der Waals surface area contributed by atoms with Gasteiger partial charge >= 0.3 is 0 Å². The Kier molecular flexibility index (Phi) is 9.47. The fourth-order valence-electron chi connectivity index (χ4n) is 2.83. The summed E-state index contributed by atoms with van der Waals surface area (Å²) >= 11 is 0. The summed E-state index contributed by atoms with van der Waals surface area (Å²) in [5, 5.41) is 7.86. The summed E-state index contributed by atoms with van der Waals surface area (Å²) in [6.45, 7) is 14.4. The van der Waals surface area contributed by atoms with Gasteiger partial charge in [0, 0.05) is 19.4 Å². The van der Waals surface area contributed by atoms with Crippen molar-refractivity contribution in [1.82, 2.24) is 4.72 Å². The van der Waals surface area contributed by atoms with Gasteiger partial charge in [0.15, 0.2) is 9.84 Å². The second-order valence-electron chi connectivity index (χ2n) is 6.10. The summed E-state index contributed by atoms with van der Waals surface area (Å²) in [5.74, 6) is -0.567. The third-order valence-corrected chi connectivity index (χ3v) is 7.99. The summed E-state index contributed by atoms with van der Waals surface area (Å²) in [6.07, 6.45) is 0.843. The maximum atomic E-state index is 12.4. The number of rotatable bonds is 11. The molecule has 0 spiro atoms. The first-order chi connectivity index (χ1) is 12.3. The molecule has 0 radical (unpaired) electrons. The fraction of sp³-hybridized carbons (Fsp3) is 0.867. The average Bonchev–Trinajstić information content (AvgIpc) is 2.60. The van der Waals surface area contributed by atoms with Crippen molar-refractivity contribution >= 4 is 19.9 Å². The number of hydrogen-bond donors (Lipinski definition) is 2. The van der Waals surface area contributed by atoms with Gasteiger partial charge in [0.25, 0.3) is 12.1 Å². The van der Waals surface area contributed by atoms with Gasteiger partial charge < -0.3 is 19.5 Å². The van der Waals surface area contributed by atoms with Crippen LogP contribution in [0.4, 0.5) is 0 Å². The first kappa shape index (κ1) is 22.8. The standard InChI is InChI=1S/C15H25N3O6S2/c1-16-14-5-4-13(12-15(14)17-2)25(20,21)10-3-11-26(22,23)18-6-8-24-9-7-19/h13-15,18-19H,3-12H2. The summed E-state index contributed by atoms with van der Waals surface area (Å²) in [7, 11) is -7.10. The Morgan fingerprint density at radius 1 is 1.04 bits per heavy atom. The third-order valence-electron chi connectivity index (χ3n) is 4.22. The van der Waals surface area contributed by atoms with E-state index in [1.54, 1.807) is 0 Å². The van der Waals surface area contributed by atoms with Gasteiger partial charge in [-0.15, -0.1) is 0 Å². The summed E-state index contributed by atoms with van der Waals surface area (Å²) in [4.78, 5) is 6.76. The van der Waals surface area contributed by atoms with Crippen LogP contribution in [0.5, 0.6) is 0 Å². The smallest absolute Gasteiger partial charge is 0.298 e. The lowest BCUT2D eigenvalue weighted by Crippen LogP contribution is -2.38. The molecule has 0 heterocycles. The number of ether oxygens (including phenoxy) is 1. The van der Waals surface area contributed by atoms with Crippen LogP contribution in [0, 0.1) is 13.1 Å². The molecule has 0 saturated heterocycles. The van der Waals surface area contributed by atoms with Crippen LogP contribution in [0.2, 0.25) is 0 Å². The van der Waals surface area contributed by atoms with E-state index in [2.05, 4.69) is 14.4 Å². The molecule has 11 heteroatoms. The number of sulfone groups is 1. The van der Waals surface area contributed by atoms with Crippen LogP contribution < -0.4 is 4.72 Å². The van der Waals surface area contributed by atoms with Crippen LogP contribution in [0.3, 0.4) is 0 Å². The quantitative estimate of drug-likeness (QED) is 0.363. The maximum absolute atomic E-state index is 12.4. The Labute approximate surface area is 155 Å². The van der Waals surface area contributed by atoms with Crippen LogP contribution in [-0.2, 0) is 24.6 Å². The van der Waals surface area contributed by atoms with Gasteiger partial charge in [0.05, 0.1) is 36.6 Å². The van der Waals surface area contributed by atoms with Crippen LogP contribution in [0.25, 0.3) is 9.69 Å². The highest BCUT2D eigenvalue weighted by molar-refractivity contribution is 7.92. The Morgan fingerprint density at radius 3 is 2.35 bits per heavy atom. The molecule has 1 saturated carbocycles. The van der Waals surface area contributed by atoms with E-state index in [1.807, 2.05) is 0 Å². The number of aliphatic hydroxyl groups is 1. The van der Waals surface area contributed by atoms with Gasteiger partial charge in [-0.25, -0.2) is 34.7 Å². The topological polar surface area (TPSA) is 118 Å². The van der Waals surface area contributed by atoms with E-state index in [0.29, 0.717) is 12.8 Å². The predicted octanol–water partition coefficient (Wildman–Crippen LogP) is -0.152. The summed E-state index contributed by atoms with van der Waals surface area (Å²) in [6, 6.07) is -1.05. The summed E-state index contributed by atoms with van der Waals surface area (Å²) in [5.41, 5.74) is 0. The highest BCUT2D eigenvalue weighted by Crippen LogP contribution is 2.29. The monoisotopic (exact) mass is 407 g/mol. The molecule has 0 aromatic rings. The number of sulfonamides is 1. The number of hydrogen-bond acceptors (Lipinski definition) is 6. The van der Waals surface area contributed by atoms with Crippen molar-refractivity contribution in [2.75, 3.05) is 37.9 Å². The van der Waals surface area contributed by atoms with Crippen LogP contribution in [0.1, 0.15) is 25.7 Å². The molecule has 0 aromatic heterocycles. The predicted molar refractivity (Wildman–Crippen MR) is 96.5 cm³/mol. The van der Waals surface area contributed by atoms with Crippen LogP contribution >= 0.6 is 0 Å². The van der Waals surface area contributed by atoms with E-state index in [1.165, 1.54) is 0 Å². The molecule has 3 atom stereocenters. The number of nitrogens with one attached hydrogen (secondary N) is 1. The SMILES string of the molecule is [C-]#[N+]C1CCC(S(=O)(=O)CCCS(=O)(=O)NCCOCCO)CC1[N+]#[C-]. The molecule has 0 aliphatic heterocycles. The number of nitrogens with zero attached hydrogens (tertiary/aromatic N) is 2. The second-order valence-corrected chi connectivity index (χ2v) is 10.4. The lowest BCUT2D eigenvalue weighted by molar-refractivity contribution is 0.0961. The molecule has 148 valence electrons. The van der Waals surface area contributed by atoms with E-state index in [0.717, 1.165) is 0 Å². The second kappa shape index (κ2) is 10.8. The molecule has 26 heavy (non-hydrogen) atoms. The van der Waals surface area contributed by atoms with Gasteiger partial charge in [-0.1, -0.05) is 0 Å².